The topological polar surface area (TPSA) is 107 Å². The number of fused-ring (bicyclic) bond motifs is 1. The maximum absolute atomic E-state index is 13.1. The molecule has 0 aliphatic heterocycles. The summed E-state index contributed by atoms with van der Waals surface area (Å²) in [6.07, 6.45) is 0. The van der Waals surface area contributed by atoms with E-state index >= 15 is 0 Å². The maximum atomic E-state index is 13.1. The number of ether oxygens (including phenoxy) is 2. The van der Waals surface area contributed by atoms with Crippen molar-refractivity contribution in [3.8, 4) is 17.1 Å². The zero-order valence-corrected chi connectivity index (χ0v) is 17.9. The molecule has 0 aliphatic rings. The number of H-pyrrole nitrogens is 1. The van der Waals surface area contributed by atoms with Gasteiger partial charge in [0, 0.05) is 29.6 Å². The van der Waals surface area contributed by atoms with Gasteiger partial charge in [-0.2, -0.15) is 5.21 Å². The molecule has 2 aromatic heterocycles. The highest BCUT2D eigenvalue weighted by molar-refractivity contribution is 9.10. The van der Waals surface area contributed by atoms with Gasteiger partial charge in [-0.1, -0.05) is 28.1 Å². The van der Waals surface area contributed by atoms with Crippen molar-refractivity contribution in [1.29, 1.82) is 0 Å². The van der Waals surface area contributed by atoms with E-state index in [-0.39, 0.29) is 5.91 Å². The van der Waals surface area contributed by atoms with Crippen LogP contribution in [-0.2, 0) is 11.8 Å². The van der Waals surface area contributed by atoms with Crippen molar-refractivity contribution in [3.63, 3.8) is 0 Å². The molecule has 0 spiro atoms. The second kappa shape index (κ2) is 8.64. The number of amides is 1. The molecule has 0 saturated carbocycles. The molecule has 0 radical (unpaired) electrons. The summed E-state index contributed by atoms with van der Waals surface area (Å²) < 4.78 is 13.5. The van der Waals surface area contributed by atoms with E-state index in [9.17, 15) is 4.79 Å². The van der Waals surface area contributed by atoms with Gasteiger partial charge < -0.3 is 19.4 Å². The van der Waals surface area contributed by atoms with Gasteiger partial charge in [0.25, 0.3) is 5.91 Å². The molecule has 4 aromatic rings. The number of carbonyl (C=O) groups excluding carboxylic acids is 1. The highest BCUT2D eigenvalue weighted by Crippen LogP contribution is 2.31. The van der Waals surface area contributed by atoms with E-state index in [2.05, 4.69) is 41.9 Å². The van der Waals surface area contributed by atoms with Gasteiger partial charge in [-0.15, -0.1) is 10.2 Å². The van der Waals surface area contributed by atoms with Crippen molar-refractivity contribution in [1.82, 2.24) is 25.2 Å². The number of aryl methyl sites for hydroxylation is 1. The van der Waals surface area contributed by atoms with Crippen LogP contribution in [0, 0.1) is 0 Å². The van der Waals surface area contributed by atoms with E-state index in [1.54, 1.807) is 13.2 Å². The van der Waals surface area contributed by atoms with Crippen LogP contribution in [-0.4, -0.2) is 51.4 Å². The number of carbonyl (C=O) groups is 1. The van der Waals surface area contributed by atoms with Gasteiger partial charge in [-0.05, 0) is 35.5 Å². The third-order valence-corrected chi connectivity index (χ3v) is 5.11. The van der Waals surface area contributed by atoms with Gasteiger partial charge in [0.1, 0.15) is 18.1 Å². The zero-order chi connectivity index (χ0) is 21.1. The van der Waals surface area contributed by atoms with Crippen molar-refractivity contribution in [3.05, 3.63) is 52.6 Å². The minimum atomic E-state index is -0.261. The zero-order valence-electron chi connectivity index (χ0n) is 16.3. The van der Waals surface area contributed by atoms with Gasteiger partial charge in [0.2, 0.25) is 5.82 Å². The molecule has 2 aromatic carbocycles. The average Bonchev–Trinajstić information content (AvgIpc) is 3.38. The molecule has 0 saturated heterocycles. The first kappa shape index (κ1) is 20.0. The quantitative estimate of drug-likeness (QED) is 0.400. The number of tetrazole rings is 1. The predicted molar refractivity (Wildman–Crippen MR) is 116 cm³/mol. The van der Waals surface area contributed by atoms with E-state index in [0.717, 1.165) is 15.4 Å². The molecule has 1 amide bonds. The Kier molecular flexibility index (Phi) is 5.77. The molecule has 4 rings (SSSR count). The van der Waals surface area contributed by atoms with Crippen LogP contribution in [0.5, 0.6) is 5.75 Å². The molecule has 0 aliphatic carbocycles. The first-order valence-corrected chi connectivity index (χ1v) is 9.92. The Labute approximate surface area is 180 Å². The molecule has 154 valence electrons. The Morgan fingerprint density at radius 3 is 2.87 bits per heavy atom. The van der Waals surface area contributed by atoms with E-state index in [1.807, 2.05) is 48.0 Å². The number of methoxy groups -OCH3 is 1. The van der Waals surface area contributed by atoms with E-state index < -0.39 is 0 Å². The van der Waals surface area contributed by atoms with Crippen molar-refractivity contribution in [2.24, 2.45) is 7.05 Å². The highest BCUT2D eigenvalue weighted by Gasteiger charge is 2.19. The Hall–Kier alpha value is -3.24. The minimum Gasteiger partial charge on any atom is -0.489 e. The van der Waals surface area contributed by atoms with Crippen LogP contribution in [0.3, 0.4) is 0 Å². The van der Waals surface area contributed by atoms with Crippen LogP contribution in [0.15, 0.2) is 46.9 Å². The molecule has 0 atom stereocenters. The van der Waals surface area contributed by atoms with Crippen molar-refractivity contribution in [2.45, 2.75) is 0 Å². The van der Waals surface area contributed by atoms with E-state index in [4.69, 9.17) is 9.47 Å². The number of halogens is 1. The SMILES string of the molecule is COCCOc1cccc2cc(C(=O)Nc3ccc(Br)cc3-c3nn[nH]n3)n(C)c12. The summed E-state index contributed by atoms with van der Waals surface area (Å²) >= 11 is 3.44. The molecule has 10 heteroatoms. The molecule has 2 heterocycles. The summed E-state index contributed by atoms with van der Waals surface area (Å²) in [5.74, 6) is 0.823. The number of aromatic nitrogens is 5. The molecule has 30 heavy (non-hydrogen) atoms. The largest absolute Gasteiger partial charge is 0.489 e. The van der Waals surface area contributed by atoms with Crippen LogP contribution in [0.4, 0.5) is 5.69 Å². The number of nitrogens with zero attached hydrogens (tertiary/aromatic N) is 4. The van der Waals surface area contributed by atoms with Gasteiger partial charge in [0.05, 0.1) is 17.8 Å². The fourth-order valence-electron chi connectivity index (χ4n) is 3.22. The molecule has 0 bridgehead atoms. The lowest BCUT2D eigenvalue weighted by molar-refractivity contribution is 0.101. The summed E-state index contributed by atoms with van der Waals surface area (Å²) in [7, 11) is 3.46. The lowest BCUT2D eigenvalue weighted by Crippen LogP contribution is -2.16. The van der Waals surface area contributed by atoms with Crippen molar-refractivity contribution < 1.29 is 14.3 Å². The monoisotopic (exact) mass is 470 g/mol. The molecule has 2 N–H and O–H groups in total. The number of rotatable bonds is 7. The minimum absolute atomic E-state index is 0.261. The third-order valence-electron chi connectivity index (χ3n) is 4.61. The maximum Gasteiger partial charge on any atom is 0.272 e. The molecule has 0 unspecified atom stereocenters. The highest BCUT2D eigenvalue weighted by atomic mass is 79.9. The second-order valence-electron chi connectivity index (χ2n) is 6.50. The number of benzene rings is 2. The average molecular weight is 471 g/mol. The Morgan fingerprint density at radius 1 is 1.23 bits per heavy atom. The van der Waals surface area contributed by atoms with Crippen LogP contribution in [0.2, 0.25) is 0 Å². The van der Waals surface area contributed by atoms with Crippen LogP contribution >= 0.6 is 15.9 Å². The fraction of sp³-hybridized carbons (Fsp3) is 0.200. The number of aromatic amines is 1. The van der Waals surface area contributed by atoms with Crippen LogP contribution < -0.4 is 10.1 Å². The van der Waals surface area contributed by atoms with Crippen molar-refractivity contribution in [2.75, 3.05) is 25.6 Å². The summed E-state index contributed by atoms with van der Waals surface area (Å²) in [5.41, 5.74) is 2.56. The summed E-state index contributed by atoms with van der Waals surface area (Å²) in [6, 6.07) is 13.0. The third kappa shape index (κ3) is 3.91. The Bertz CT molecular complexity index is 1190. The summed E-state index contributed by atoms with van der Waals surface area (Å²) in [5, 5.41) is 17.9. The molecular weight excluding hydrogens is 452 g/mol. The lowest BCUT2D eigenvalue weighted by atomic mass is 10.1. The number of para-hydroxylation sites is 1. The standard InChI is InChI=1S/C20H19BrN6O3/c1-27-16(10-12-4-3-5-17(18(12)27)30-9-8-29-2)20(28)22-15-7-6-13(21)11-14(15)19-23-25-26-24-19/h3-7,10-11H,8-9H2,1-2H3,(H,22,28)(H,23,24,25,26). The first-order valence-electron chi connectivity index (χ1n) is 9.13. The van der Waals surface area contributed by atoms with Gasteiger partial charge >= 0.3 is 0 Å². The molecule has 9 nitrogen and oxygen atoms in total. The smallest absolute Gasteiger partial charge is 0.272 e. The van der Waals surface area contributed by atoms with Gasteiger partial charge in [-0.3, -0.25) is 4.79 Å². The molecule has 0 fully saturated rings. The van der Waals surface area contributed by atoms with E-state index in [0.29, 0.717) is 41.7 Å². The summed E-state index contributed by atoms with van der Waals surface area (Å²) in [6.45, 7) is 0.909. The normalized spacial score (nSPS) is 11.0. The number of nitrogens with one attached hydrogen (secondary N) is 2. The number of hydrogen-bond acceptors (Lipinski definition) is 6. The van der Waals surface area contributed by atoms with E-state index in [1.165, 1.54) is 0 Å². The number of anilines is 1. The van der Waals surface area contributed by atoms with Crippen molar-refractivity contribution >= 4 is 38.4 Å². The lowest BCUT2D eigenvalue weighted by Gasteiger charge is -2.11. The predicted octanol–water partition coefficient (Wildman–Crippen LogP) is 3.40. The van der Waals surface area contributed by atoms with Crippen LogP contribution in [0.25, 0.3) is 22.3 Å². The Balaban J connectivity index is 1.67. The summed E-state index contributed by atoms with van der Waals surface area (Å²) in [4.78, 5) is 13.1. The second-order valence-corrected chi connectivity index (χ2v) is 7.42. The van der Waals surface area contributed by atoms with Gasteiger partial charge in [0.15, 0.2) is 0 Å². The Morgan fingerprint density at radius 2 is 2.10 bits per heavy atom. The number of hydrogen-bond donors (Lipinski definition) is 2. The fourth-order valence-corrected chi connectivity index (χ4v) is 3.58. The van der Waals surface area contributed by atoms with Crippen LogP contribution in [0.1, 0.15) is 10.5 Å². The first-order chi connectivity index (χ1) is 14.6. The molecular formula is C20H19BrN6O3. The van der Waals surface area contributed by atoms with Gasteiger partial charge in [-0.25, -0.2) is 0 Å².